The summed E-state index contributed by atoms with van der Waals surface area (Å²) in [5, 5.41) is 10.4. The summed E-state index contributed by atoms with van der Waals surface area (Å²) in [4.78, 5) is 2.09. The second-order valence-corrected chi connectivity index (χ2v) is 8.78. The second kappa shape index (κ2) is 13.1. The first-order chi connectivity index (χ1) is 12.9. The molecular formula is C20H35FN2O3S. The molecule has 0 spiro atoms. The van der Waals surface area contributed by atoms with Crippen LogP contribution in [0.15, 0.2) is 24.3 Å². The average Bonchev–Trinajstić information content (AvgIpc) is 2.61. The molecule has 0 amide bonds. The van der Waals surface area contributed by atoms with Gasteiger partial charge < -0.3 is 5.11 Å². The summed E-state index contributed by atoms with van der Waals surface area (Å²) in [6, 6.07) is 7.34. The van der Waals surface area contributed by atoms with E-state index in [4.69, 9.17) is 0 Å². The van der Waals surface area contributed by atoms with Gasteiger partial charge in [0.15, 0.2) is 0 Å². The number of anilines is 1. The highest BCUT2D eigenvalue weighted by Crippen LogP contribution is 2.15. The Balaban J connectivity index is 2.28. The Kier molecular flexibility index (Phi) is 11.6. The molecule has 1 aromatic rings. The molecular weight excluding hydrogens is 367 g/mol. The molecule has 1 unspecified atom stereocenters. The lowest BCUT2D eigenvalue weighted by molar-refractivity contribution is -0.00124. The van der Waals surface area contributed by atoms with Gasteiger partial charge in [-0.1, -0.05) is 38.3 Å². The van der Waals surface area contributed by atoms with E-state index in [0.29, 0.717) is 18.5 Å². The van der Waals surface area contributed by atoms with Gasteiger partial charge in [0.2, 0.25) is 10.0 Å². The van der Waals surface area contributed by atoms with Crippen molar-refractivity contribution in [2.75, 3.05) is 30.7 Å². The first kappa shape index (κ1) is 23.9. The van der Waals surface area contributed by atoms with Crippen molar-refractivity contribution in [2.24, 2.45) is 0 Å². The first-order valence-corrected chi connectivity index (χ1v) is 11.8. The van der Waals surface area contributed by atoms with Crippen LogP contribution < -0.4 is 4.72 Å². The molecule has 1 atom stereocenters. The molecule has 0 fully saturated rings. The van der Waals surface area contributed by atoms with Gasteiger partial charge in [-0.15, -0.1) is 0 Å². The number of aliphatic hydroxyl groups is 1. The lowest BCUT2D eigenvalue weighted by atomic mass is 10.1. The monoisotopic (exact) mass is 402 g/mol. The highest BCUT2D eigenvalue weighted by atomic mass is 32.2. The minimum atomic E-state index is -3.25. The van der Waals surface area contributed by atoms with Crippen molar-refractivity contribution in [3.8, 4) is 0 Å². The molecule has 2 N–H and O–H groups in total. The van der Waals surface area contributed by atoms with Gasteiger partial charge in [-0.25, -0.2) is 8.42 Å². The Hall–Kier alpha value is -1.18. The number of unbranched alkanes of at least 4 members (excludes halogenated alkanes) is 4. The minimum absolute atomic E-state index is 0.225. The maximum atomic E-state index is 12.0. The quantitative estimate of drug-likeness (QED) is 0.344. The van der Waals surface area contributed by atoms with E-state index < -0.39 is 16.3 Å². The topological polar surface area (TPSA) is 69.6 Å². The second-order valence-electron chi connectivity index (χ2n) is 7.03. The first-order valence-electron chi connectivity index (χ1n) is 9.90. The summed E-state index contributed by atoms with van der Waals surface area (Å²) < 4.78 is 36.9. The summed E-state index contributed by atoms with van der Waals surface area (Å²) in [5.74, 6) is 0. The number of halogens is 1. The fourth-order valence-electron chi connectivity index (χ4n) is 3.08. The number of benzene rings is 1. The normalized spacial score (nSPS) is 13.1. The third kappa shape index (κ3) is 11.3. The molecule has 156 valence electrons. The van der Waals surface area contributed by atoms with Crippen molar-refractivity contribution < 1.29 is 17.9 Å². The molecule has 7 heteroatoms. The Morgan fingerprint density at radius 3 is 2.30 bits per heavy atom. The molecule has 1 rings (SSSR count). The van der Waals surface area contributed by atoms with E-state index in [1.54, 1.807) is 12.1 Å². The molecule has 0 aliphatic carbocycles. The van der Waals surface area contributed by atoms with Crippen molar-refractivity contribution in [1.82, 2.24) is 4.90 Å². The maximum absolute atomic E-state index is 12.0. The van der Waals surface area contributed by atoms with Crippen LogP contribution in [0.25, 0.3) is 0 Å². The van der Waals surface area contributed by atoms with Crippen LogP contribution in [-0.2, 0) is 16.4 Å². The number of aryl methyl sites for hydroxylation is 1. The Bertz CT molecular complexity index is 608. The molecule has 0 bridgehead atoms. The summed E-state index contributed by atoms with van der Waals surface area (Å²) in [7, 11) is -3.25. The van der Waals surface area contributed by atoms with E-state index in [1.165, 1.54) is 0 Å². The van der Waals surface area contributed by atoms with E-state index >= 15 is 0 Å². The van der Waals surface area contributed by atoms with Crippen LogP contribution in [0.2, 0.25) is 0 Å². The standard InChI is InChI=1S/C20H35FN2O3S/c1-3-23(17-8-6-4-5-7-16-21)20(24)11-9-10-18-12-14-19(15-13-18)22-27(2,25)26/h12-15,20,22,24H,3-11,16-17H2,1-2H3. The number of hydrogen-bond acceptors (Lipinski definition) is 4. The largest absolute Gasteiger partial charge is 0.378 e. The fourth-order valence-corrected chi connectivity index (χ4v) is 3.65. The zero-order valence-corrected chi connectivity index (χ0v) is 17.5. The summed E-state index contributed by atoms with van der Waals surface area (Å²) in [5.41, 5.74) is 1.68. The van der Waals surface area contributed by atoms with Crippen molar-refractivity contribution in [3.05, 3.63) is 29.8 Å². The average molecular weight is 403 g/mol. The summed E-state index contributed by atoms with van der Waals surface area (Å²) in [6.07, 6.45) is 7.89. The van der Waals surface area contributed by atoms with Crippen LogP contribution in [0, 0.1) is 0 Å². The lowest BCUT2D eigenvalue weighted by Crippen LogP contribution is -2.35. The predicted octanol–water partition coefficient (Wildman–Crippen LogP) is 3.94. The van der Waals surface area contributed by atoms with Gasteiger partial charge in [0.05, 0.1) is 12.9 Å². The molecule has 0 heterocycles. The lowest BCUT2D eigenvalue weighted by Gasteiger charge is -2.26. The molecule has 0 radical (unpaired) electrons. The van der Waals surface area contributed by atoms with Gasteiger partial charge in [0.25, 0.3) is 0 Å². The molecule has 0 saturated carbocycles. The van der Waals surface area contributed by atoms with Gasteiger partial charge in [-0.2, -0.15) is 0 Å². The maximum Gasteiger partial charge on any atom is 0.229 e. The van der Waals surface area contributed by atoms with Gasteiger partial charge in [0.1, 0.15) is 6.23 Å². The van der Waals surface area contributed by atoms with Crippen LogP contribution in [0.1, 0.15) is 57.4 Å². The number of sulfonamides is 1. The smallest absolute Gasteiger partial charge is 0.229 e. The number of rotatable bonds is 15. The number of hydrogen-bond donors (Lipinski definition) is 2. The number of nitrogens with zero attached hydrogens (tertiary/aromatic N) is 1. The number of nitrogens with one attached hydrogen (secondary N) is 1. The van der Waals surface area contributed by atoms with Crippen molar-refractivity contribution in [1.29, 1.82) is 0 Å². The molecule has 5 nitrogen and oxygen atoms in total. The van der Waals surface area contributed by atoms with Gasteiger partial charge in [-0.3, -0.25) is 14.0 Å². The molecule has 0 aliphatic rings. The van der Waals surface area contributed by atoms with E-state index in [1.807, 2.05) is 12.1 Å². The van der Waals surface area contributed by atoms with Crippen molar-refractivity contribution in [2.45, 2.75) is 64.5 Å². The highest BCUT2D eigenvalue weighted by molar-refractivity contribution is 7.92. The minimum Gasteiger partial charge on any atom is -0.378 e. The summed E-state index contributed by atoms with van der Waals surface area (Å²) in [6.45, 7) is 3.52. The number of aliphatic hydroxyl groups excluding tert-OH is 1. The Morgan fingerprint density at radius 1 is 1.07 bits per heavy atom. The Labute approximate surface area is 164 Å². The number of alkyl halides is 1. The molecule has 0 aliphatic heterocycles. The van der Waals surface area contributed by atoms with Crippen molar-refractivity contribution in [3.63, 3.8) is 0 Å². The zero-order chi connectivity index (χ0) is 20.1. The van der Waals surface area contributed by atoms with Crippen LogP contribution in [0.4, 0.5) is 10.1 Å². The van der Waals surface area contributed by atoms with E-state index in [-0.39, 0.29) is 6.67 Å². The van der Waals surface area contributed by atoms with Gasteiger partial charge in [-0.05, 0) is 56.3 Å². The Morgan fingerprint density at radius 2 is 1.70 bits per heavy atom. The molecule has 27 heavy (non-hydrogen) atoms. The van der Waals surface area contributed by atoms with E-state index in [0.717, 1.165) is 63.4 Å². The van der Waals surface area contributed by atoms with E-state index in [2.05, 4.69) is 16.5 Å². The molecule has 0 aromatic heterocycles. The molecule has 0 saturated heterocycles. The summed E-state index contributed by atoms with van der Waals surface area (Å²) >= 11 is 0. The highest BCUT2D eigenvalue weighted by Gasteiger charge is 2.13. The van der Waals surface area contributed by atoms with Crippen molar-refractivity contribution >= 4 is 15.7 Å². The van der Waals surface area contributed by atoms with Gasteiger partial charge >= 0.3 is 0 Å². The van der Waals surface area contributed by atoms with Crippen LogP contribution in [0.3, 0.4) is 0 Å². The van der Waals surface area contributed by atoms with Crippen LogP contribution in [0.5, 0.6) is 0 Å². The SMILES string of the molecule is CCN(CCCCCCCF)C(O)CCCc1ccc(NS(C)(=O)=O)cc1. The van der Waals surface area contributed by atoms with Crippen LogP contribution in [-0.4, -0.2) is 50.7 Å². The predicted molar refractivity (Wildman–Crippen MR) is 110 cm³/mol. The molecule has 1 aromatic carbocycles. The fraction of sp³-hybridized carbons (Fsp3) is 0.700. The van der Waals surface area contributed by atoms with Crippen LogP contribution >= 0.6 is 0 Å². The van der Waals surface area contributed by atoms with E-state index in [9.17, 15) is 17.9 Å². The third-order valence-electron chi connectivity index (χ3n) is 4.59. The third-order valence-corrected chi connectivity index (χ3v) is 5.20. The van der Waals surface area contributed by atoms with Gasteiger partial charge in [0, 0.05) is 12.2 Å². The zero-order valence-electron chi connectivity index (χ0n) is 16.7.